The summed E-state index contributed by atoms with van der Waals surface area (Å²) >= 11 is 5.96. The van der Waals surface area contributed by atoms with Crippen molar-refractivity contribution in [3.63, 3.8) is 0 Å². The molecule has 5 nitrogen and oxygen atoms in total. The highest BCUT2D eigenvalue weighted by Crippen LogP contribution is 2.15. The number of benzene rings is 2. The molecule has 2 amide bonds. The Morgan fingerprint density at radius 3 is 2.31 bits per heavy atom. The van der Waals surface area contributed by atoms with Gasteiger partial charge in [0.1, 0.15) is 11.8 Å². The van der Waals surface area contributed by atoms with Crippen molar-refractivity contribution >= 4 is 23.4 Å². The van der Waals surface area contributed by atoms with E-state index < -0.39 is 6.04 Å². The molecule has 0 saturated heterocycles. The number of halogens is 1. The van der Waals surface area contributed by atoms with Gasteiger partial charge in [0.25, 0.3) is 5.91 Å². The van der Waals surface area contributed by atoms with Gasteiger partial charge in [-0.25, -0.2) is 0 Å². The van der Waals surface area contributed by atoms with Crippen LogP contribution in [0.25, 0.3) is 0 Å². The standard InChI is InChI=1S/C23H29ClN2O3/c1-17(2)13-14-25-23(28)18(3)26(15-19-9-11-20(24)12-10-19)22(27)16-29-21-7-5-4-6-8-21/h4-12,17-18H,13-16H2,1-3H3,(H,25,28)/t18-/m1/s1. The SMILES string of the molecule is CC(C)CCNC(=O)[C@@H](C)N(Cc1ccc(Cl)cc1)C(=O)COc1ccccc1. The molecule has 1 atom stereocenters. The van der Waals surface area contributed by atoms with Gasteiger partial charge in [0, 0.05) is 18.1 Å². The Kier molecular flexibility index (Phi) is 9.00. The zero-order chi connectivity index (χ0) is 21.2. The molecule has 0 aliphatic heterocycles. The second-order valence-corrected chi connectivity index (χ2v) is 7.84. The normalized spacial score (nSPS) is 11.8. The molecule has 0 aliphatic rings. The number of amides is 2. The lowest BCUT2D eigenvalue weighted by Crippen LogP contribution is -2.49. The second kappa shape index (κ2) is 11.5. The zero-order valence-electron chi connectivity index (χ0n) is 17.2. The van der Waals surface area contributed by atoms with Crippen LogP contribution in [0.4, 0.5) is 0 Å². The van der Waals surface area contributed by atoms with Gasteiger partial charge in [-0.1, -0.05) is 55.8 Å². The Hall–Kier alpha value is -2.53. The van der Waals surface area contributed by atoms with Crippen molar-refractivity contribution in [2.24, 2.45) is 5.92 Å². The lowest BCUT2D eigenvalue weighted by molar-refractivity contribution is -0.142. The van der Waals surface area contributed by atoms with Gasteiger partial charge in [-0.2, -0.15) is 0 Å². The summed E-state index contributed by atoms with van der Waals surface area (Å²) in [4.78, 5) is 27.1. The number of carbonyl (C=O) groups excluding carboxylic acids is 2. The molecule has 0 aromatic heterocycles. The molecule has 156 valence electrons. The summed E-state index contributed by atoms with van der Waals surface area (Å²) in [6.07, 6.45) is 0.890. The van der Waals surface area contributed by atoms with E-state index in [1.165, 1.54) is 4.90 Å². The van der Waals surface area contributed by atoms with Crippen molar-refractivity contribution in [1.29, 1.82) is 0 Å². The molecule has 2 aromatic carbocycles. The van der Waals surface area contributed by atoms with Crippen LogP contribution in [-0.2, 0) is 16.1 Å². The third kappa shape index (κ3) is 7.78. The summed E-state index contributed by atoms with van der Waals surface area (Å²) in [5, 5.41) is 3.55. The summed E-state index contributed by atoms with van der Waals surface area (Å²) in [6.45, 7) is 6.69. The van der Waals surface area contributed by atoms with Gasteiger partial charge in [0.15, 0.2) is 6.61 Å². The molecule has 1 N–H and O–H groups in total. The van der Waals surface area contributed by atoms with Gasteiger partial charge in [0.05, 0.1) is 0 Å². The Balaban J connectivity index is 2.07. The average Bonchev–Trinajstić information content (AvgIpc) is 2.71. The van der Waals surface area contributed by atoms with Gasteiger partial charge >= 0.3 is 0 Å². The first kappa shape index (κ1) is 22.8. The fourth-order valence-electron chi connectivity index (χ4n) is 2.75. The van der Waals surface area contributed by atoms with Gasteiger partial charge < -0.3 is 15.0 Å². The summed E-state index contributed by atoms with van der Waals surface area (Å²) in [7, 11) is 0. The summed E-state index contributed by atoms with van der Waals surface area (Å²) in [6, 6.07) is 15.8. The van der Waals surface area contributed by atoms with Crippen molar-refractivity contribution in [3.8, 4) is 5.75 Å². The van der Waals surface area contributed by atoms with E-state index in [1.54, 1.807) is 31.2 Å². The van der Waals surface area contributed by atoms with Gasteiger partial charge in [-0.3, -0.25) is 9.59 Å². The smallest absolute Gasteiger partial charge is 0.261 e. The van der Waals surface area contributed by atoms with Crippen molar-refractivity contribution in [2.45, 2.75) is 39.8 Å². The average molecular weight is 417 g/mol. The number of hydrogen-bond acceptors (Lipinski definition) is 3. The number of para-hydroxylation sites is 1. The van der Waals surface area contributed by atoms with Gasteiger partial charge in [-0.15, -0.1) is 0 Å². The van der Waals surface area contributed by atoms with E-state index in [0.717, 1.165) is 12.0 Å². The third-order valence-electron chi connectivity index (χ3n) is 4.56. The van der Waals surface area contributed by atoms with E-state index in [-0.39, 0.29) is 18.4 Å². The highest BCUT2D eigenvalue weighted by molar-refractivity contribution is 6.30. The maximum atomic E-state index is 12.9. The minimum absolute atomic E-state index is 0.138. The lowest BCUT2D eigenvalue weighted by atomic mass is 10.1. The molecule has 0 heterocycles. The van der Waals surface area contributed by atoms with Crippen molar-refractivity contribution in [3.05, 3.63) is 65.2 Å². The van der Waals surface area contributed by atoms with E-state index >= 15 is 0 Å². The second-order valence-electron chi connectivity index (χ2n) is 7.40. The van der Waals surface area contributed by atoms with Crippen LogP contribution in [0.1, 0.15) is 32.8 Å². The first-order chi connectivity index (χ1) is 13.9. The Morgan fingerprint density at radius 2 is 1.69 bits per heavy atom. The molecule has 2 rings (SSSR count). The number of rotatable bonds is 10. The molecular weight excluding hydrogens is 388 g/mol. The maximum Gasteiger partial charge on any atom is 0.261 e. The minimum atomic E-state index is -0.621. The Labute approximate surface area is 178 Å². The quantitative estimate of drug-likeness (QED) is 0.628. The van der Waals surface area contributed by atoms with Crippen LogP contribution in [0.3, 0.4) is 0 Å². The van der Waals surface area contributed by atoms with Crippen LogP contribution in [0.5, 0.6) is 5.75 Å². The van der Waals surface area contributed by atoms with E-state index in [2.05, 4.69) is 19.2 Å². The van der Waals surface area contributed by atoms with Crippen LogP contribution < -0.4 is 10.1 Å². The summed E-state index contributed by atoms with van der Waals surface area (Å²) < 4.78 is 5.60. The highest BCUT2D eigenvalue weighted by Gasteiger charge is 2.26. The predicted octanol–water partition coefficient (Wildman–Crippen LogP) is 4.30. The zero-order valence-corrected chi connectivity index (χ0v) is 18.0. The van der Waals surface area contributed by atoms with E-state index in [1.807, 2.05) is 30.3 Å². The number of ether oxygens (including phenoxy) is 1. The molecule has 0 unspecified atom stereocenters. The van der Waals surface area contributed by atoms with Crippen molar-refractivity contribution in [1.82, 2.24) is 10.2 Å². The van der Waals surface area contributed by atoms with Crippen LogP contribution in [0.2, 0.25) is 5.02 Å². The van der Waals surface area contributed by atoms with E-state index in [9.17, 15) is 9.59 Å². The lowest BCUT2D eigenvalue weighted by Gasteiger charge is -2.29. The molecule has 0 fully saturated rings. The van der Waals surface area contributed by atoms with Crippen LogP contribution in [0.15, 0.2) is 54.6 Å². The van der Waals surface area contributed by atoms with Crippen LogP contribution in [0, 0.1) is 5.92 Å². The molecule has 6 heteroatoms. The molecule has 29 heavy (non-hydrogen) atoms. The van der Waals surface area contributed by atoms with E-state index in [0.29, 0.717) is 29.8 Å². The summed E-state index contributed by atoms with van der Waals surface area (Å²) in [5.74, 6) is 0.681. The van der Waals surface area contributed by atoms with Crippen molar-refractivity contribution < 1.29 is 14.3 Å². The van der Waals surface area contributed by atoms with Gasteiger partial charge in [-0.05, 0) is 49.1 Å². The van der Waals surface area contributed by atoms with Crippen molar-refractivity contribution in [2.75, 3.05) is 13.2 Å². The molecule has 2 aromatic rings. The van der Waals surface area contributed by atoms with Crippen LogP contribution in [-0.4, -0.2) is 35.9 Å². The maximum absolute atomic E-state index is 12.9. The molecule has 0 bridgehead atoms. The van der Waals surface area contributed by atoms with Gasteiger partial charge in [0.2, 0.25) is 5.91 Å². The molecule has 0 radical (unpaired) electrons. The first-order valence-electron chi connectivity index (χ1n) is 9.86. The largest absolute Gasteiger partial charge is 0.484 e. The predicted molar refractivity (Wildman–Crippen MR) is 116 cm³/mol. The topological polar surface area (TPSA) is 58.6 Å². The highest BCUT2D eigenvalue weighted by atomic mass is 35.5. The molecular formula is C23H29ClN2O3. The number of hydrogen-bond donors (Lipinski definition) is 1. The fraction of sp³-hybridized carbons (Fsp3) is 0.391. The Bertz CT molecular complexity index is 778. The molecule has 0 spiro atoms. The Morgan fingerprint density at radius 1 is 1.03 bits per heavy atom. The molecule has 0 saturated carbocycles. The fourth-order valence-corrected chi connectivity index (χ4v) is 2.87. The minimum Gasteiger partial charge on any atom is -0.484 e. The monoisotopic (exact) mass is 416 g/mol. The number of nitrogens with zero attached hydrogens (tertiary/aromatic N) is 1. The molecule has 0 aliphatic carbocycles. The summed E-state index contributed by atoms with van der Waals surface area (Å²) in [5.41, 5.74) is 0.893. The van der Waals surface area contributed by atoms with Crippen LogP contribution >= 0.6 is 11.6 Å². The number of carbonyl (C=O) groups is 2. The first-order valence-corrected chi connectivity index (χ1v) is 10.2. The third-order valence-corrected chi connectivity index (χ3v) is 4.81. The number of nitrogens with one attached hydrogen (secondary N) is 1. The van der Waals surface area contributed by atoms with E-state index in [4.69, 9.17) is 16.3 Å².